The van der Waals surface area contributed by atoms with Crippen LogP contribution in [0.1, 0.15) is 31.4 Å². The Morgan fingerprint density at radius 1 is 1.44 bits per heavy atom. The van der Waals surface area contributed by atoms with Crippen molar-refractivity contribution in [1.82, 2.24) is 0 Å². The van der Waals surface area contributed by atoms with E-state index in [1.807, 2.05) is 13.0 Å². The highest BCUT2D eigenvalue weighted by molar-refractivity contribution is 5.55. The van der Waals surface area contributed by atoms with Gasteiger partial charge < -0.3 is 15.7 Å². The topological polar surface area (TPSA) is 49.5 Å². The highest BCUT2D eigenvalue weighted by Crippen LogP contribution is 2.29. The summed E-state index contributed by atoms with van der Waals surface area (Å²) in [5.41, 5.74) is 7.80. The number of nitrogens with zero attached hydrogens (tertiary/aromatic N) is 1. The van der Waals surface area contributed by atoms with Gasteiger partial charge in [-0.15, -0.1) is 0 Å². The van der Waals surface area contributed by atoms with Crippen molar-refractivity contribution in [3.63, 3.8) is 0 Å². The lowest BCUT2D eigenvalue weighted by Gasteiger charge is -2.34. The summed E-state index contributed by atoms with van der Waals surface area (Å²) in [6.07, 6.45) is 1.96. The van der Waals surface area contributed by atoms with Gasteiger partial charge in [0.15, 0.2) is 0 Å². The molecule has 3 N–H and O–H groups in total. The molecule has 0 aliphatic carbocycles. The van der Waals surface area contributed by atoms with Gasteiger partial charge in [0.1, 0.15) is 5.82 Å². The number of hydrogen-bond donors (Lipinski definition) is 2. The van der Waals surface area contributed by atoms with Crippen LogP contribution in [0, 0.1) is 11.7 Å². The van der Waals surface area contributed by atoms with Gasteiger partial charge in [-0.25, -0.2) is 4.39 Å². The Kier molecular flexibility index (Phi) is 4.19. The van der Waals surface area contributed by atoms with Crippen LogP contribution in [-0.4, -0.2) is 24.8 Å². The van der Waals surface area contributed by atoms with Crippen LogP contribution in [0.15, 0.2) is 18.2 Å². The van der Waals surface area contributed by atoms with Gasteiger partial charge in [0.25, 0.3) is 0 Å². The number of halogens is 1. The lowest BCUT2D eigenvalue weighted by atomic mass is 9.96. The first kappa shape index (κ1) is 13.3. The molecule has 18 heavy (non-hydrogen) atoms. The van der Waals surface area contributed by atoms with Crippen molar-refractivity contribution in [2.24, 2.45) is 11.7 Å². The van der Waals surface area contributed by atoms with E-state index < -0.39 is 0 Å². The van der Waals surface area contributed by atoms with Gasteiger partial charge in [-0.05, 0) is 49.4 Å². The Labute approximate surface area is 107 Å². The summed E-state index contributed by atoms with van der Waals surface area (Å²) < 4.78 is 13.3. The highest BCUT2D eigenvalue weighted by atomic mass is 19.1. The molecule has 0 amide bonds. The van der Waals surface area contributed by atoms with E-state index in [9.17, 15) is 4.39 Å². The van der Waals surface area contributed by atoms with Crippen LogP contribution in [0.5, 0.6) is 0 Å². The number of anilines is 1. The van der Waals surface area contributed by atoms with Gasteiger partial charge in [0.05, 0.1) is 0 Å². The minimum Gasteiger partial charge on any atom is -0.396 e. The number of nitrogens with two attached hydrogens (primary N) is 1. The van der Waals surface area contributed by atoms with Gasteiger partial charge >= 0.3 is 0 Å². The lowest BCUT2D eigenvalue weighted by Crippen LogP contribution is -2.35. The van der Waals surface area contributed by atoms with Crippen molar-refractivity contribution in [3.8, 4) is 0 Å². The van der Waals surface area contributed by atoms with Gasteiger partial charge in [0.2, 0.25) is 0 Å². The van der Waals surface area contributed by atoms with Crippen LogP contribution >= 0.6 is 0 Å². The molecule has 0 aromatic heterocycles. The number of hydrogen-bond acceptors (Lipinski definition) is 3. The SMILES string of the molecule is C[C@@H](N)c1cc(F)ccc1N1CCC(CO)CC1. The van der Waals surface area contributed by atoms with Gasteiger partial charge in [0, 0.05) is 31.4 Å². The van der Waals surface area contributed by atoms with Crippen LogP contribution < -0.4 is 10.6 Å². The maximum atomic E-state index is 13.3. The number of aliphatic hydroxyl groups is 1. The zero-order valence-electron chi connectivity index (χ0n) is 10.8. The van der Waals surface area contributed by atoms with Crippen LogP contribution in [0.3, 0.4) is 0 Å². The molecule has 2 rings (SSSR count). The molecular weight excluding hydrogens is 231 g/mol. The van der Waals surface area contributed by atoms with Crippen molar-refractivity contribution in [2.75, 3.05) is 24.6 Å². The van der Waals surface area contributed by atoms with Crippen molar-refractivity contribution >= 4 is 5.69 Å². The molecule has 1 aromatic rings. The Hall–Kier alpha value is -1.13. The standard InChI is InChI=1S/C14H21FN2O/c1-10(16)13-8-12(15)2-3-14(13)17-6-4-11(9-18)5-7-17/h2-3,8,10-11,18H,4-7,9,16H2,1H3/t10-/m1/s1. The summed E-state index contributed by atoms with van der Waals surface area (Å²) in [5, 5.41) is 9.14. The number of aliphatic hydroxyl groups excluding tert-OH is 1. The van der Waals surface area contributed by atoms with Crippen LogP contribution in [-0.2, 0) is 0 Å². The molecule has 100 valence electrons. The summed E-state index contributed by atoms with van der Waals surface area (Å²) >= 11 is 0. The Balaban J connectivity index is 2.18. The van der Waals surface area contributed by atoms with Gasteiger partial charge in [-0.3, -0.25) is 0 Å². The molecule has 1 aliphatic rings. The molecular formula is C14H21FN2O. The van der Waals surface area contributed by atoms with Crippen LogP contribution in [0.2, 0.25) is 0 Å². The first-order chi connectivity index (χ1) is 8.61. The van der Waals surface area contributed by atoms with E-state index in [4.69, 9.17) is 10.8 Å². The van der Waals surface area contributed by atoms with E-state index in [-0.39, 0.29) is 18.5 Å². The normalized spacial score (nSPS) is 19.0. The molecule has 1 aromatic carbocycles. The number of benzene rings is 1. The van der Waals surface area contributed by atoms with Gasteiger partial charge in [-0.1, -0.05) is 0 Å². The van der Waals surface area contributed by atoms with E-state index in [1.165, 1.54) is 12.1 Å². The zero-order valence-corrected chi connectivity index (χ0v) is 10.8. The second-order valence-corrected chi connectivity index (χ2v) is 5.10. The summed E-state index contributed by atoms with van der Waals surface area (Å²) in [7, 11) is 0. The maximum absolute atomic E-state index is 13.3. The highest BCUT2D eigenvalue weighted by Gasteiger charge is 2.21. The third-order valence-electron chi connectivity index (χ3n) is 3.69. The average Bonchev–Trinajstić information content (AvgIpc) is 2.39. The van der Waals surface area contributed by atoms with E-state index in [0.29, 0.717) is 5.92 Å². The van der Waals surface area contributed by atoms with Crippen molar-refractivity contribution in [1.29, 1.82) is 0 Å². The summed E-state index contributed by atoms with van der Waals surface area (Å²) in [6, 6.07) is 4.65. The molecule has 4 heteroatoms. The Morgan fingerprint density at radius 2 is 2.11 bits per heavy atom. The minimum absolute atomic E-state index is 0.175. The molecule has 0 bridgehead atoms. The molecule has 1 heterocycles. The Morgan fingerprint density at radius 3 is 2.67 bits per heavy atom. The smallest absolute Gasteiger partial charge is 0.123 e. The van der Waals surface area contributed by atoms with Crippen molar-refractivity contribution in [3.05, 3.63) is 29.6 Å². The molecule has 0 radical (unpaired) electrons. The zero-order chi connectivity index (χ0) is 13.1. The monoisotopic (exact) mass is 252 g/mol. The first-order valence-corrected chi connectivity index (χ1v) is 6.52. The molecule has 1 fully saturated rings. The third kappa shape index (κ3) is 2.82. The fourth-order valence-electron chi connectivity index (χ4n) is 2.53. The quantitative estimate of drug-likeness (QED) is 0.865. The van der Waals surface area contributed by atoms with Gasteiger partial charge in [-0.2, -0.15) is 0 Å². The molecule has 1 aliphatic heterocycles. The molecule has 0 unspecified atom stereocenters. The van der Waals surface area contributed by atoms with E-state index >= 15 is 0 Å². The fraction of sp³-hybridized carbons (Fsp3) is 0.571. The number of rotatable bonds is 3. The first-order valence-electron chi connectivity index (χ1n) is 6.52. The van der Waals surface area contributed by atoms with Crippen molar-refractivity contribution < 1.29 is 9.50 Å². The number of piperidine rings is 1. The lowest BCUT2D eigenvalue weighted by molar-refractivity contribution is 0.203. The predicted molar refractivity (Wildman–Crippen MR) is 71.0 cm³/mol. The van der Waals surface area contributed by atoms with E-state index in [0.717, 1.165) is 37.2 Å². The fourth-order valence-corrected chi connectivity index (χ4v) is 2.53. The van der Waals surface area contributed by atoms with Crippen molar-refractivity contribution in [2.45, 2.75) is 25.8 Å². The largest absolute Gasteiger partial charge is 0.396 e. The molecule has 3 nitrogen and oxygen atoms in total. The van der Waals surface area contributed by atoms with E-state index in [1.54, 1.807) is 0 Å². The average molecular weight is 252 g/mol. The molecule has 0 saturated carbocycles. The molecule has 0 spiro atoms. The maximum Gasteiger partial charge on any atom is 0.123 e. The van der Waals surface area contributed by atoms with Crippen LogP contribution in [0.4, 0.5) is 10.1 Å². The predicted octanol–water partition coefficient (Wildman–Crippen LogP) is 2.05. The minimum atomic E-state index is -0.240. The second kappa shape index (κ2) is 5.67. The molecule has 1 atom stereocenters. The van der Waals surface area contributed by atoms with E-state index in [2.05, 4.69) is 4.90 Å². The Bertz CT molecular complexity index is 401. The summed E-state index contributed by atoms with van der Waals surface area (Å²) in [5.74, 6) is 0.164. The summed E-state index contributed by atoms with van der Waals surface area (Å²) in [4.78, 5) is 2.24. The molecule has 1 saturated heterocycles. The van der Waals surface area contributed by atoms with Crippen LogP contribution in [0.25, 0.3) is 0 Å². The third-order valence-corrected chi connectivity index (χ3v) is 3.69. The summed E-state index contributed by atoms with van der Waals surface area (Å²) in [6.45, 7) is 3.93. The second-order valence-electron chi connectivity index (χ2n) is 5.10.